The molecule has 0 saturated heterocycles. The van der Waals surface area contributed by atoms with E-state index in [0.717, 1.165) is 12.1 Å². The summed E-state index contributed by atoms with van der Waals surface area (Å²) in [6.07, 6.45) is -3.17. The first kappa shape index (κ1) is 18.4. The standard InChI is InChI=1S/C16H18F3N3OS/c1-2-4-12(10-5-3-6-11(7-10)16(17,18)19)22-15(23)13-9-24-14(8-20)21-13/h3,5-7,9,12H,2,4,8,20H2,1H3,(H,22,23). The van der Waals surface area contributed by atoms with Crippen LogP contribution in [0, 0.1) is 0 Å². The van der Waals surface area contributed by atoms with Crippen LogP contribution in [0.5, 0.6) is 0 Å². The molecule has 3 N–H and O–H groups in total. The van der Waals surface area contributed by atoms with Crippen LogP contribution in [0.15, 0.2) is 29.6 Å². The first-order valence-corrected chi connectivity index (χ1v) is 8.35. The Bertz CT molecular complexity index is 700. The summed E-state index contributed by atoms with van der Waals surface area (Å²) in [5, 5.41) is 4.98. The number of hydrogen-bond donors (Lipinski definition) is 2. The highest BCUT2D eigenvalue weighted by molar-refractivity contribution is 7.09. The van der Waals surface area contributed by atoms with Gasteiger partial charge < -0.3 is 11.1 Å². The molecule has 1 heterocycles. The zero-order valence-electron chi connectivity index (χ0n) is 13.1. The van der Waals surface area contributed by atoms with E-state index in [1.54, 1.807) is 11.4 Å². The van der Waals surface area contributed by atoms with Crippen molar-refractivity contribution in [2.75, 3.05) is 0 Å². The molecule has 2 rings (SSSR count). The van der Waals surface area contributed by atoms with Gasteiger partial charge in [0.25, 0.3) is 5.91 Å². The van der Waals surface area contributed by atoms with E-state index in [9.17, 15) is 18.0 Å². The number of rotatable bonds is 6. The molecule has 0 bridgehead atoms. The Labute approximate surface area is 141 Å². The molecule has 0 aliphatic rings. The smallest absolute Gasteiger partial charge is 0.344 e. The van der Waals surface area contributed by atoms with Crippen LogP contribution in [-0.4, -0.2) is 10.9 Å². The number of carbonyl (C=O) groups excluding carboxylic acids is 1. The highest BCUT2D eigenvalue weighted by Gasteiger charge is 2.31. The topological polar surface area (TPSA) is 68.0 Å². The molecule has 8 heteroatoms. The third-order valence-electron chi connectivity index (χ3n) is 3.46. The van der Waals surface area contributed by atoms with Crippen molar-refractivity contribution in [3.8, 4) is 0 Å². The molecule has 130 valence electrons. The predicted octanol–water partition coefficient (Wildman–Crippen LogP) is 3.89. The van der Waals surface area contributed by atoms with Crippen LogP contribution in [0.4, 0.5) is 13.2 Å². The van der Waals surface area contributed by atoms with Gasteiger partial charge in [0.2, 0.25) is 0 Å². The number of aromatic nitrogens is 1. The molecule has 1 atom stereocenters. The fraction of sp³-hybridized carbons (Fsp3) is 0.375. The molecule has 1 aromatic carbocycles. The Balaban J connectivity index is 2.21. The van der Waals surface area contributed by atoms with Crippen molar-refractivity contribution < 1.29 is 18.0 Å². The van der Waals surface area contributed by atoms with Gasteiger partial charge in [-0.05, 0) is 24.1 Å². The number of nitrogens with one attached hydrogen (secondary N) is 1. The zero-order chi connectivity index (χ0) is 17.7. The second-order valence-corrected chi connectivity index (χ2v) is 6.21. The molecular formula is C16H18F3N3OS. The van der Waals surface area contributed by atoms with Gasteiger partial charge >= 0.3 is 6.18 Å². The Morgan fingerprint density at radius 2 is 2.17 bits per heavy atom. The minimum atomic E-state index is -4.41. The normalized spacial score (nSPS) is 12.9. The van der Waals surface area contributed by atoms with E-state index in [2.05, 4.69) is 10.3 Å². The highest BCUT2D eigenvalue weighted by atomic mass is 32.1. The minimum absolute atomic E-state index is 0.230. The maximum atomic E-state index is 12.9. The van der Waals surface area contributed by atoms with Gasteiger partial charge in [-0.3, -0.25) is 4.79 Å². The maximum absolute atomic E-state index is 12.9. The Morgan fingerprint density at radius 1 is 1.42 bits per heavy atom. The molecule has 0 spiro atoms. The second-order valence-electron chi connectivity index (χ2n) is 5.27. The van der Waals surface area contributed by atoms with Crippen molar-refractivity contribution in [1.82, 2.24) is 10.3 Å². The molecule has 0 radical (unpaired) electrons. The first-order chi connectivity index (χ1) is 11.3. The number of carbonyl (C=O) groups is 1. The molecule has 0 aliphatic heterocycles. The van der Waals surface area contributed by atoms with Crippen LogP contribution in [-0.2, 0) is 12.7 Å². The van der Waals surface area contributed by atoms with E-state index < -0.39 is 23.7 Å². The number of alkyl halides is 3. The van der Waals surface area contributed by atoms with Crippen molar-refractivity contribution in [2.45, 2.75) is 38.5 Å². The fourth-order valence-corrected chi connectivity index (χ4v) is 2.94. The zero-order valence-corrected chi connectivity index (χ0v) is 13.9. The summed E-state index contributed by atoms with van der Waals surface area (Å²) in [6.45, 7) is 2.14. The van der Waals surface area contributed by atoms with Crippen molar-refractivity contribution >= 4 is 17.2 Å². The monoisotopic (exact) mass is 357 g/mol. The van der Waals surface area contributed by atoms with E-state index in [0.29, 0.717) is 23.4 Å². The molecule has 0 aliphatic carbocycles. The molecule has 2 aromatic rings. The van der Waals surface area contributed by atoms with Crippen molar-refractivity contribution in [2.24, 2.45) is 5.73 Å². The molecular weight excluding hydrogens is 339 g/mol. The lowest BCUT2D eigenvalue weighted by molar-refractivity contribution is -0.137. The van der Waals surface area contributed by atoms with E-state index in [1.165, 1.54) is 17.4 Å². The number of nitrogens with two attached hydrogens (primary N) is 1. The lowest BCUT2D eigenvalue weighted by Gasteiger charge is -2.19. The van der Waals surface area contributed by atoms with Crippen molar-refractivity contribution in [1.29, 1.82) is 0 Å². The van der Waals surface area contributed by atoms with Gasteiger partial charge in [-0.1, -0.05) is 25.5 Å². The summed E-state index contributed by atoms with van der Waals surface area (Å²) < 4.78 is 38.6. The van der Waals surface area contributed by atoms with Crippen molar-refractivity contribution in [3.05, 3.63) is 51.5 Å². The number of nitrogens with zero attached hydrogens (tertiary/aromatic N) is 1. The molecule has 1 aromatic heterocycles. The number of amides is 1. The predicted molar refractivity (Wildman–Crippen MR) is 86.6 cm³/mol. The number of benzene rings is 1. The number of halogens is 3. The van der Waals surface area contributed by atoms with Crippen LogP contribution < -0.4 is 11.1 Å². The summed E-state index contributed by atoms with van der Waals surface area (Å²) in [5.41, 5.74) is 5.40. The summed E-state index contributed by atoms with van der Waals surface area (Å²) >= 11 is 1.27. The van der Waals surface area contributed by atoms with Crippen LogP contribution in [0.2, 0.25) is 0 Å². The SMILES string of the molecule is CCCC(NC(=O)c1csc(CN)n1)c1cccc(C(F)(F)F)c1. The number of hydrogen-bond acceptors (Lipinski definition) is 4. The van der Waals surface area contributed by atoms with Gasteiger partial charge in [0, 0.05) is 11.9 Å². The highest BCUT2D eigenvalue weighted by Crippen LogP contribution is 2.31. The molecule has 1 amide bonds. The van der Waals surface area contributed by atoms with Gasteiger partial charge in [-0.25, -0.2) is 4.98 Å². The Kier molecular flexibility index (Phi) is 5.95. The Morgan fingerprint density at radius 3 is 2.75 bits per heavy atom. The number of thiazole rings is 1. The van der Waals surface area contributed by atoms with Crippen molar-refractivity contribution in [3.63, 3.8) is 0 Å². The molecule has 0 fully saturated rings. The summed E-state index contributed by atoms with van der Waals surface area (Å²) in [7, 11) is 0. The average molecular weight is 357 g/mol. The molecule has 0 saturated carbocycles. The van der Waals surface area contributed by atoms with Gasteiger partial charge in [0.05, 0.1) is 11.6 Å². The largest absolute Gasteiger partial charge is 0.416 e. The second kappa shape index (κ2) is 7.76. The molecule has 24 heavy (non-hydrogen) atoms. The summed E-state index contributed by atoms with van der Waals surface area (Å²) in [6, 6.07) is 4.52. The fourth-order valence-electron chi connectivity index (χ4n) is 2.28. The average Bonchev–Trinajstić information content (AvgIpc) is 3.03. The first-order valence-electron chi connectivity index (χ1n) is 7.47. The Hall–Kier alpha value is -1.93. The minimum Gasteiger partial charge on any atom is -0.344 e. The summed E-state index contributed by atoms with van der Waals surface area (Å²) in [4.78, 5) is 16.4. The lowest BCUT2D eigenvalue weighted by Crippen LogP contribution is -2.29. The van der Waals surface area contributed by atoms with Gasteiger partial charge in [0.15, 0.2) is 0 Å². The van der Waals surface area contributed by atoms with E-state index in [1.807, 2.05) is 6.92 Å². The van der Waals surface area contributed by atoms with Crippen LogP contribution in [0.25, 0.3) is 0 Å². The van der Waals surface area contributed by atoms with Gasteiger partial charge in [-0.2, -0.15) is 13.2 Å². The molecule has 4 nitrogen and oxygen atoms in total. The van der Waals surface area contributed by atoms with Crippen LogP contribution in [0.3, 0.4) is 0 Å². The van der Waals surface area contributed by atoms with Gasteiger partial charge in [-0.15, -0.1) is 11.3 Å². The van der Waals surface area contributed by atoms with Crippen LogP contribution >= 0.6 is 11.3 Å². The van der Waals surface area contributed by atoms with E-state index >= 15 is 0 Å². The van der Waals surface area contributed by atoms with Gasteiger partial charge in [0.1, 0.15) is 10.7 Å². The third kappa shape index (κ3) is 4.55. The summed E-state index contributed by atoms with van der Waals surface area (Å²) in [5.74, 6) is -0.415. The third-order valence-corrected chi connectivity index (χ3v) is 4.33. The molecule has 1 unspecified atom stereocenters. The maximum Gasteiger partial charge on any atom is 0.416 e. The van der Waals surface area contributed by atoms with E-state index in [-0.39, 0.29) is 12.2 Å². The lowest BCUT2D eigenvalue weighted by atomic mass is 9.99. The van der Waals surface area contributed by atoms with Crippen LogP contribution in [0.1, 0.15) is 52.4 Å². The quantitative estimate of drug-likeness (QED) is 0.824. The van der Waals surface area contributed by atoms with E-state index in [4.69, 9.17) is 5.73 Å².